The summed E-state index contributed by atoms with van der Waals surface area (Å²) in [7, 11) is 0. The maximum Gasteiger partial charge on any atom is 0.208 e. The molecule has 0 N–H and O–H groups in total. The lowest BCUT2D eigenvalue weighted by atomic mass is 10.3. The third kappa shape index (κ3) is 3.42. The quantitative estimate of drug-likeness (QED) is 0.344. The lowest BCUT2D eigenvalue weighted by Crippen LogP contribution is -2.15. The first-order chi connectivity index (χ1) is 7.19. The minimum Gasteiger partial charge on any atom is -0.254 e. The maximum absolute atomic E-state index is 8.49. The molecule has 1 aromatic carbocycles. The molecule has 0 saturated heterocycles. The third-order valence-electron chi connectivity index (χ3n) is 1.53. The van der Waals surface area contributed by atoms with Gasteiger partial charge in [-0.1, -0.05) is 29.4 Å². The summed E-state index contributed by atoms with van der Waals surface area (Å²) in [6, 6.07) is 7.26. The van der Waals surface area contributed by atoms with Crippen molar-refractivity contribution < 1.29 is 0 Å². The van der Waals surface area contributed by atoms with Crippen LogP contribution in [0.1, 0.15) is 0 Å². The fraction of sp³-hybridized carbons (Fsp3) is 0.111. The highest BCUT2D eigenvalue weighted by Gasteiger charge is 2.09. The number of aliphatic imine (C=N–C) groups is 1. The predicted molar refractivity (Wildman–Crippen MR) is 69.4 cm³/mol. The molecule has 0 saturated carbocycles. The van der Waals surface area contributed by atoms with Crippen molar-refractivity contribution in [2.45, 2.75) is 0 Å². The first-order valence-electron chi connectivity index (χ1n) is 3.91. The van der Waals surface area contributed by atoms with Gasteiger partial charge in [0.25, 0.3) is 0 Å². The summed E-state index contributed by atoms with van der Waals surface area (Å²) in [6.07, 6.45) is 3.59. The highest BCUT2D eigenvalue weighted by atomic mass is 79.9. The van der Waals surface area contributed by atoms with E-state index in [-0.39, 0.29) is 0 Å². The summed E-state index contributed by atoms with van der Waals surface area (Å²) in [4.78, 5) is 3.67. The van der Waals surface area contributed by atoms with Crippen LogP contribution in [0, 0.1) is 11.5 Å². The van der Waals surface area contributed by atoms with Crippen molar-refractivity contribution in [2.24, 2.45) is 4.99 Å². The lowest BCUT2D eigenvalue weighted by molar-refractivity contribution is 1.43. The van der Waals surface area contributed by atoms with E-state index in [1.807, 2.05) is 18.4 Å². The highest BCUT2D eigenvalue weighted by Crippen LogP contribution is 2.25. The van der Waals surface area contributed by atoms with E-state index in [0.717, 1.165) is 5.69 Å². The summed E-state index contributed by atoms with van der Waals surface area (Å²) in [5, 5.41) is 9.68. The molecule has 0 heterocycles. The van der Waals surface area contributed by atoms with Gasteiger partial charge in [-0.25, -0.2) is 0 Å². The van der Waals surface area contributed by atoms with Crippen LogP contribution in [-0.2, 0) is 0 Å². The van der Waals surface area contributed by atoms with E-state index >= 15 is 0 Å². The number of hydrogen-bond donors (Lipinski definition) is 0. The molecule has 1 aromatic rings. The van der Waals surface area contributed by atoms with Crippen molar-refractivity contribution in [1.82, 2.24) is 0 Å². The monoisotopic (exact) mass is 303 g/mol. The summed E-state index contributed by atoms with van der Waals surface area (Å²) < 4.78 is 1.63. The first-order valence-corrected chi connectivity index (χ1v) is 6.22. The number of nitrogens with zero attached hydrogens (tertiary/aromatic N) is 3. The van der Waals surface area contributed by atoms with Gasteiger partial charge >= 0.3 is 0 Å². The Morgan fingerprint density at radius 2 is 2.40 bits per heavy atom. The lowest BCUT2D eigenvalue weighted by Gasteiger charge is -2.15. The van der Waals surface area contributed by atoms with E-state index in [0.29, 0.717) is 10.2 Å². The zero-order valence-electron chi connectivity index (χ0n) is 7.82. The topological polar surface area (TPSA) is 39.4 Å². The van der Waals surface area contributed by atoms with Gasteiger partial charge < -0.3 is 0 Å². The van der Waals surface area contributed by atoms with E-state index < -0.39 is 0 Å². The van der Waals surface area contributed by atoms with Gasteiger partial charge in [-0.3, -0.25) is 3.93 Å². The first kappa shape index (κ1) is 12.4. The standard InChI is InChI=1S/C9H7BrClN3S/c1-15-9(13-6-12)14(10)8-4-2-3-7(11)5-8/h2-5H,1H3. The normalized spacial score (nSPS) is 10.9. The molecule has 0 aromatic heterocycles. The molecule has 0 radical (unpaired) electrons. The molecule has 15 heavy (non-hydrogen) atoms. The smallest absolute Gasteiger partial charge is 0.208 e. The molecule has 0 unspecified atom stereocenters. The average molecular weight is 305 g/mol. The summed E-state index contributed by atoms with van der Waals surface area (Å²) >= 11 is 10.5. The zero-order valence-corrected chi connectivity index (χ0v) is 11.0. The molecule has 0 aliphatic rings. The van der Waals surface area contributed by atoms with Crippen molar-refractivity contribution >= 4 is 50.4 Å². The Balaban J connectivity index is 2.98. The maximum atomic E-state index is 8.49. The SMILES string of the molecule is CSC(=NC#N)N(Br)c1cccc(Cl)c1. The number of rotatable bonds is 1. The van der Waals surface area contributed by atoms with Gasteiger partial charge in [0, 0.05) is 5.02 Å². The van der Waals surface area contributed by atoms with Gasteiger partial charge in [-0.2, -0.15) is 5.26 Å². The number of benzene rings is 1. The number of nitriles is 1. The second kappa shape index (κ2) is 6.01. The summed E-state index contributed by atoms with van der Waals surface area (Å²) in [5.74, 6) is 0. The predicted octanol–water partition coefficient (Wildman–Crippen LogP) is 3.66. The molecular weight excluding hydrogens is 298 g/mol. The Morgan fingerprint density at radius 1 is 1.67 bits per heavy atom. The molecule has 0 aliphatic heterocycles. The van der Waals surface area contributed by atoms with Crippen molar-refractivity contribution in [2.75, 3.05) is 10.2 Å². The molecule has 0 atom stereocenters. The number of amidine groups is 1. The number of hydrogen-bond acceptors (Lipinski definition) is 3. The van der Waals surface area contributed by atoms with Crippen LogP contribution in [-0.4, -0.2) is 11.4 Å². The van der Waals surface area contributed by atoms with Crippen molar-refractivity contribution in [3.8, 4) is 6.19 Å². The number of anilines is 1. The Labute approximate surface area is 106 Å². The Kier molecular flexibility index (Phi) is 4.95. The molecule has 6 heteroatoms. The van der Waals surface area contributed by atoms with E-state index in [1.165, 1.54) is 11.8 Å². The Bertz CT molecular complexity index is 416. The number of thioether (sulfide) groups is 1. The van der Waals surface area contributed by atoms with Gasteiger partial charge in [0.2, 0.25) is 6.19 Å². The van der Waals surface area contributed by atoms with Crippen LogP contribution in [0.5, 0.6) is 0 Å². The molecule has 0 aliphatic carbocycles. The van der Waals surface area contributed by atoms with Gasteiger partial charge in [-0.05, 0) is 24.5 Å². The molecule has 0 fully saturated rings. The minimum atomic E-state index is 0.555. The van der Waals surface area contributed by atoms with Crippen LogP contribution < -0.4 is 3.93 Å². The van der Waals surface area contributed by atoms with Crippen LogP contribution in [0.25, 0.3) is 0 Å². The fourth-order valence-corrected chi connectivity index (χ4v) is 2.24. The van der Waals surface area contributed by atoms with Gasteiger partial charge in [0.15, 0.2) is 5.17 Å². The van der Waals surface area contributed by atoms with E-state index in [9.17, 15) is 0 Å². The van der Waals surface area contributed by atoms with E-state index in [1.54, 1.807) is 22.3 Å². The second-order valence-corrected chi connectivity index (χ2v) is 4.38. The van der Waals surface area contributed by atoms with Crippen molar-refractivity contribution in [3.05, 3.63) is 29.3 Å². The van der Waals surface area contributed by atoms with E-state index in [4.69, 9.17) is 16.9 Å². The van der Waals surface area contributed by atoms with Crippen LogP contribution in [0.4, 0.5) is 5.69 Å². The van der Waals surface area contributed by atoms with Crippen molar-refractivity contribution in [3.63, 3.8) is 0 Å². The van der Waals surface area contributed by atoms with Crippen LogP contribution in [0.2, 0.25) is 5.02 Å². The van der Waals surface area contributed by atoms with Gasteiger partial charge in [0.1, 0.15) is 0 Å². The Hall–Kier alpha value is -0.700. The second-order valence-electron chi connectivity index (χ2n) is 2.46. The van der Waals surface area contributed by atoms with Gasteiger partial charge in [0.05, 0.1) is 21.8 Å². The molecule has 0 bridgehead atoms. The van der Waals surface area contributed by atoms with Crippen molar-refractivity contribution in [1.29, 1.82) is 5.26 Å². The molecule has 0 amide bonds. The summed E-state index contributed by atoms with van der Waals surface area (Å²) in [5.41, 5.74) is 0.825. The molecule has 3 nitrogen and oxygen atoms in total. The molecule has 0 spiro atoms. The minimum absolute atomic E-state index is 0.555. The average Bonchev–Trinajstić information content (AvgIpc) is 2.25. The highest BCUT2D eigenvalue weighted by molar-refractivity contribution is 9.10. The molecule has 78 valence electrons. The number of halogens is 2. The third-order valence-corrected chi connectivity index (χ3v) is 3.39. The molecular formula is C9H7BrClN3S. The van der Waals surface area contributed by atoms with Crippen LogP contribution >= 0.6 is 39.5 Å². The fourth-order valence-electron chi connectivity index (χ4n) is 0.921. The van der Waals surface area contributed by atoms with E-state index in [2.05, 4.69) is 21.1 Å². The summed E-state index contributed by atoms with van der Waals surface area (Å²) in [6.45, 7) is 0. The zero-order chi connectivity index (χ0) is 11.3. The largest absolute Gasteiger partial charge is 0.254 e. The van der Waals surface area contributed by atoms with Crippen LogP contribution in [0.3, 0.4) is 0 Å². The Morgan fingerprint density at radius 3 is 2.93 bits per heavy atom. The van der Waals surface area contributed by atoms with Gasteiger partial charge in [-0.15, -0.1) is 4.99 Å². The van der Waals surface area contributed by atoms with Crippen LogP contribution in [0.15, 0.2) is 29.3 Å². The molecule has 1 rings (SSSR count).